The van der Waals surface area contributed by atoms with Gasteiger partial charge in [-0.25, -0.2) is 0 Å². The highest BCUT2D eigenvalue weighted by molar-refractivity contribution is 6.31. The van der Waals surface area contributed by atoms with Crippen molar-refractivity contribution >= 4 is 34.8 Å². The molecule has 0 aliphatic rings. The molecular formula is C21H15ClF3N3O3. The van der Waals surface area contributed by atoms with Crippen molar-refractivity contribution in [1.29, 1.82) is 0 Å². The van der Waals surface area contributed by atoms with Crippen LogP contribution in [0.3, 0.4) is 0 Å². The summed E-state index contributed by atoms with van der Waals surface area (Å²) in [5.41, 5.74) is -0.820. The fourth-order valence-corrected chi connectivity index (χ4v) is 2.78. The van der Waals surface area contributed by atoms with Crippen molar-refractivity contribution in [2.45, 2.75) is 12.6 Å². The molecule has 3 rings (SSSR count). The number of halogens is 4. The van der Waals surface area contributed by atoms with E-state index in [9.17, 15) is 22.8 Å². The number of carbonyl (C=O) groups is 2. The zero-order valence-corrected chi connectivity index (χ0v) is 16.5. The quantitative estimate of drug-likeness (QED) is 0.486. The van der Waals surface area contributed by atoms with E-state index >= 15 is 0 Å². The van der Waals surface area contributed by atoms with E-state index in [0.717, 1.165) is 6.07 Å². The van der Waals surface area contributed by atoms with Crippen molar-refractivity contribution in [3.8, 4) is 11.5 Å². The van der Waals surface area contributed by atoms with Crippen LogP contribution in [-0.2, 0) is 15.8 Å². The Morgan fingerprint density at radius 3 is 2.19 bits per heavy atom. The highest BCUT2D eigenvalue weighted by Crippen LogP contribution is 2.36. The standard InChI is InChI=1S/C21H15ClF3N3O3/c22-18-5-4-14(11-17(18)21(23,24)25)28-20(30)12-19(29)27-13-2-1-3-16(10-13)31-15-6-8-26-9-7-15/h1-11H,12H2,(H,27,29)(H,28,30). The van der Waals surface area contributed by atoms with Crippen molar-refractivity contribution in [3.05, 3.63) is 77.6 Å². The third-order valence-electron chi connectivity index (χ3n) is 3.88. The maximum absolute atomic E-state index is 12.9. The van der Waals surface area contributed by atoms with Crippen molar-refractivity contribution in [2.24, 2.45) is 0 Å². The molecule has 0 spiro atoms. The molecular weight excluding hydrogens is 435 g/mol. The van der Waals surface area contributed by atoms with Gasteiger partial charge in [0.15, 0.2) is 0 Å². The molecule has 0 bridgehead atoms. The van der Waals surface area contributed by atoms with Gasteiger partial charge < -0.3 is 15.4 Å². The minimum absolute atomic E-state index is 0.123. The monoisotopic (exact) mass is 449 g/mol. The third-order valence-corrected chi connectivity index (χ3v) is 4.21. The number of hydrogen-bond donors (Lipinski definition) is 2. The third kappa shape index (κ3) is 6.45. The average molecular weight is 450 g/mol. The molecule has 0 aliphatic carbocycles. The highest BCUT2D eigenvalue weighted by atomic mass is 35.5. The van der Waals surface area contributed by atoms with Crippen molar-refractivity contribution in [2.75, 3.05) is 10.6 Å². The molecule has 6 nitrogen and oxygen atoms in total. The molecule has 1 heterocycles. The first-order valence-corrected chi connectivity index (χ1v) is 9.23. The predicted octanol–water partition coefficient (Wildman–Crippen LogP) is 5.51. The van der Waals surface area contributed by atoms with Crippen LogP contribution in [0.4, 0.5) is 24.5 Å². The Morgan fingerprint density at radius 2 is 1.55 bits per heavy atom. The summed E-state index contributed by atoms with van der Waals surface area (Å²) >= 11 is 5.55. The zero-order valence-electron chi connectivity index (χ0n) is 15.7. The van der Waals surface area contributed by atoms with Crippen LogP contribution in [0.1, 0.15) is 12.0 Å². The smallest absolute Gasteiger partial charge is 0.417 e. The minimum Gasteiger partial charge on any atom is -0.457 e. The van der Waals surface area contributed by atoms with Crippen LogP contribution >= 0.6 is 11.6 Å². The van der Waals surface area contributed by atoms with Crippen LogP contribution in [0.25, 0.3) is 0 Å². The molecule has 0 saturated carbocycles. The number of hydrogen-bond acceptors (Lipinski definition) is 4. The SMILES string of the molecule is O=C(CC(=O)Nc1ccc(Cl)c(C(F)(F)F)c1)Nc1cccc(Oc2ccncc2)c1. The minimum atomic E-state index is -4.67. The number of pyridine rings is 1. The molecule has 1 aromatic heterocycles. The van der Waals surface area contributed by atoms with Gasteiger partial charge in [0.2, 0.25) is 11.8 Å². The van der Waals surface area contributed by atoms with Gasteiger partial charge >= 0.3 is 6.18 Å². The summed E-state index contributed by atoms with van der Waals surface area (Å²) in [5, 5.41) is 4.30. The van der Waals surface area contributed by atoms with Crippen LogP contribution in [0.15, 0.2) is 67.0 Å². The van der Waals surface area contributed by atoms with Crippen molar-refractivity contribution in [3.63, 3.8) is 0 Å². The van der Waals surface area contributed by atoms with Crippen LogP contribution in [0.2, 0.25) is 5.02 Å². The van der Waals surface area contributed by atoms with Gasteiger partial charge in [0, 0.05) is 29.8 Å². The highest BCUT2D eigenvalue weighted by Gasteiger charge is 2.33. The number of nitrogens with zero attached hydrogens (tertiary/aromatic N) is 1. The molecule has 0 fully saturated rings. The largest absolute Gasteiger partial charge is 0.457 e. The van der Waals surface area contributed by atoms with E-state index in [1.54, 1.807) is 48.8 Å². The normalized spacial score (nSPS) is 11.0. The van der Waals surface area contributed by atoms with E-state index in [-0.39, 0.29) is 5.69 Å². The molecule has 0 unspecified atom stereocenters. The van der Waals surface area contributed by atoms with E-state index in [1.807, 2.05) is 0 Å². The molecule has 10 heteroatoms. The number of aromatic nitrogens is 1. The summed E-state index contributed by atoms with van der Waals surface area (Å²) in [5.74, 6) is -0.422. The average Bonchev–Trinajstić information content (AvgIpc) is 2.69. The maximum Gasteiger partial charge on any atom is 0.417 e. The van der Waals surface area contributed by atoms with Gasteiger partial charge in [-0.05, 0) is 42.5 Å². The van der Waals surface area contributed by atoms with Crippen molar-refractivity contribution in [1.82, 2.24) is 4.98 Å². The fourth-order valence-electron chi connectivity index (χ4n) is 2.56. The first-order chi connectivity index (χ1) is 14.7. The summed E-state index contributed by atoms with van der Waals surface area (Å²) in [4.78, 5) is 28.1. The lowest BCUT2D eigenvalue weighted by atomic mass is 10.2. The summed E-state index contributed by atoms with van der Waals surface area (Å²) in [7, 11) is 0. The number of ether oxygens (including phenoxy) is 1. The Bertz CT molecular complexity index is 1090. The van der Waals surface area contributed by atoms with Crippen LogP contribution in [0.5, 0.6) is 11.5 Å². The molecule has 0 saturated heterocycles. The van der Waals surface area contributed by atoms with Gasteiger partial charge in [0.1, 0.15) is 17.9 Å². The molecule has 31 heavy (non-hydrogen) atoms. The second-order valence-electron chi connectivity index (χ2n) is 6.28. The summed E-state index contributed by atoms with van der Waals surface area (Å²) in [6.45, 7) is 0. The summed E-state index contributed by atoms with van der Waals surface area (Å²) in [6, 6.07) is 12.8. The molecule has 2 amide bonds. The molecule has 3 aromatic rings. The first kappa shape index (κ1) is 22.1. The van der Waals surface area contributed by atoms with Gasteiger partial charge in [0.05, 0.1) is 10.6 Å². The van der Waals surface area contributed by atoms with Gasteiger partial charge in [-0.2, -0.15) is 13.2 Å². The summed E-state index contributed by atoms with van der Waals surface area (Å²) in [6.07, 6.45) is -2.13. The van der Waals surface area contributed by atoms with Gasteiger partial charge in [0.25, 0.3) is 0 Å². The van der Waals surface area contributed by atoms with Gasteiger partial charge in [-0.3, -0.25) is 14.6 Å². The van der Waals surface area contributed by atoms with Crippen LogP contribution < -0.4 is 15.4 Å². The van der Waals surface area contributed by atoms with Gasteiger partial charge in [-0.1, -0.05) is 17.7 Å². The topological polar surface area (TPSA) is 80.3 Å². The lowest BCUT2D eigenvalue weighted by Gasteiger charge is -2.12. The Balaban J connectivity index is 1.59. The Labute approximate surface area is 180 Å². The van der Waals surface area contributed by atoms with Crippen molar-refractivity contribution < 1.29 is 27.5 Å². The Hall–Kier alpha value is -3.59. The van der Waals surface area contributed by atoms with E-state index < -0.39 is 35.0 Å². The molecule has 2 aromatic carbocycles. The Kier molecular flexibility index (Phi) is 6.76. The lowest BCUT2D eigenvalue weighted by Crippen LogP contribution is -2.21. The first-order valence-electron chi connectivity index (χ1n) is 8.85. The molecule has 2 N–H and O–H groups in total. The number of anilines is 2. The van der Waals surface area contributed by atoms with E-state index in [4.69, 9.17) is 16.3 Å². The maximum atomic E-state index is 12.9. The zero-order chi connectivity index (χ0) is 22.4. The number of nitrogens with one attached hydrogen (secondary N) is 2. The summed E-state index contributed by atoms with van der Waals surface area (Å²) < 4.78 is 44.4. The molecule has 160 valence electrons. The predicted molar refractivity (Wildman–Crippen MR) is 109 cm³/mol. The number of amides is 2. The lowest BCUT2D eigenvalue weighted by molar-refractivity contribution is -0.137. The Morgan fingerprint density at radius 1 is 0.903 bits per heavy atom. The van der Waals surface area contributed by atoms with E-state index in [2.05, 4.69) is 15.6 Å². The molecule has 0 atom stereocenters. The van der Waals surface area contributed by atoms with Crippen LogP contribution in [0, 0.1) is 0 Å². The number of carbonyl (C=O) groups excluding carboxylic acids is 2. The van der Waals surface area contributed by atoms with Gasteiger partial charge in [-0.15, -0.1) is 0 Å². The van der Waals surface area contributed by atoms with E-state index in [0.29, 0.717) is 23.3 Å². The van der Waals surface area contributed by atoms with Crippen LogP contribution in [-0.4, -0.2) is 16.8 Å². The second kappa shape index (κ2) is 9.48. The number of benzene rings is 2. The molecule has 0 radical (unpaired) electrons. The number of rotatable bonds is 6. The van der Waals surface area contributed by atoms with E-state index in [1.165, 1.54) is 6.07 Å². The number of alkyl halides is 3. The molecule has 0 aliphatic heterocycles. The second-order valence-corrected chi connectivity index (χ2v) is 6.69. The fraction of sp³-hybridized carbons (Fsp3) is 0.0952.